The fourth-order valence-corrected chi connectivity index (χ4v) is 1.97. The molecule has 0 fully saturated rings. The lowest BCUT2D eigenvalue weighted by Gasteiger charge is -2.15. The maximum atomic E-state index is 12.2. The first-order chi connectivity index (χ1) is 11.6. The smallest absolute Gasteiger partial charge is 0.265 e. The van der Waals surface area contributed by atoms with Gasteiger partial charge >= 0.3 is 0 Å². The molecule has 0 saturated heterocycles. The number of benzene rings is 2. The van der Waals surface area contributed by atoms with Gasteiger partial charge in [-0.25, -0.2) is 0 Å². The predicted octanol–water partition coefficient (Wildman–Crippen LogP) is 3.67. The van der Waals surface area contributed by atoms with E-state index in [1.165, 1.54) is 0 Å². The second-order valence-electron chi connectivity index (χ2n) is 5.05. The minimum atomic E-state index is -0.642. The molecule has 0 radical (unpaired) electrons. The number of rotatable bonds is 8. The molecule has 2 aromatic rings. The molecule has 2 rings (SSSR count). The van der Waals surface area contributed by atoms with Crippen LogP contribution in [0.25, 0.3) is 0 Å². The van der Waals surface area contributed by atoms with E-state index in [9.17, 15) is 4.79 Å². The molecule has 1 unspecified atom stereocenters. The molecule has 0 aliphatic heterocycles. The number of hydrogen-bond donors (Lipinski definition) is 1. The predicted molar refractivity (Wildman–Crippen MR) is 93.8 cm³/mol. The molecular formula is C19H21NO4. The molecule has 24 heavy (non-hydrogen) atoms. The van der Waals surface area contributed by atoms with Crippen LogP contribution in [0.4, 0.5) is 5.69 Å². The lowest BCUT2D eigenvalue weighted by Crippen LogP contribution is -2.30. The van der Waals surface area contributed by atoms with Gasteiger partial charge in [0, 0.05) is 11.8 Å². The Labute approximate surface area is 141 Å². The first-order valence-electron chi connectivity index (χ1n) is 7.57. The van der Waals surface area contributed by atoms with Gasteiger partial charge in [-0.3, -0.25) is 4.79 Å². The Morgan fingerprint density at radius 1 is 1.17 bits per heavy atom. The second-order valence-corrected chi connectivity index (χ2v) is 5.05. The van der Waals surface area contributed by atoms with E-state index in [2.05, 4.69) is 11.9 Å². The van der Waals surface area contributed by atoms with Crippen LogP contribution in [0.5, 0.6) is 17.2 Å². The normalized spacial score (nSPS) is 11.2. The van der Waals surface area contributed by atoms with E-state index in [-0.39, 0.29) is 5.91 Å². The largest absolute Gasteiger partial charge is 0.497 e. The summed E-state index contributed by atoms with van der Waals surface area (Å²) in [6.07, 6.45) is 1.02. The summed E-state index contributed by atoms with van der Waals surface area (Å²) in [6.45, 7) is 5.70. The second kappa shape index (κ2) is 8.62. The average molecular weight is 327 g/mol. The van der Waals surface area contributed by atoms with Crippen LogP contribution in [0.15, 0.2) is 61.2 Å². The van der Waals surface area contributed by atoms with Crippen molar-refractivity contribution in [3.8, 4) is 17.2 Å². The number of nitrogens with one attached hydrogen (secondary N) is 1. The van der Waals surface area contributed by atoms with Crippen LogP contribution in [0.1, 0.15) is 6.92 Å². The number of hydrogen-bond acceptors (Lipinski definition) is 4. The maximum Gasteiger partial charge on any atom is 0.265 e. The number of carbonyl (C=O) groups excluding carboxylic acids is 1. The van der Waals surface area contributed by atoms with Gasteiger partial charge in [0.2, 0.25) is 0 Å². The molecular weight excluding hydrogens is 306 g/mol. The highest BCUT2D eigenvalue weighted by Gasteiger charge is 2.15. The van der Waals surface area contributed by atoms with Crippen LogP contribution < -0.4 is 19.5 Å². The summed E-state index contributed by atoms with van der Waals surface area (Å²) >= 11 is 0. The molecule has 0 saturated carbocycles. The summed E-state index contributed by atoms with van der Waals surface area (Å²) < 4.78 is 16.2. The lowest BCUT2D eigenvalue weighted by molar-refractivity contribution is -0.122. The van der Waals surface area contributed by atoms with Gasteiger partial charge in [0.25, 0.3) is 5.91 Å². The molecule has 1 amide bonds. The Balaban J connectivity index is 1.94. The van der Waals surface area contributed by atoms with Gasteiger partial charge in [0.15, 0.2) is 6.10 Å². The molecule has 5 nitrogen and oxygen atoms in total. The van der Waals surface area contributed by atoms with E-state index >= 15 is 0 Å². The number of amides is 1. The maximum absolute atomic E-state index is 12.2. The minimum absolute atomic E-state index is 0.244. The summed E-state index contributed by atoms with van der Waals surface area (Å²) in [6, 6.07) is 14.2. The quantitative estimate of drug-likeness (QED) is 0.752. The third kappa shape index (κ3) is 5.05. The number of carbonyl (C=O) groups is 1. The fourth-order valence-electron chi connectivity index (χ4n) is 1.97. The Kier molecular flexibility index (Phi) is 6.25. The van der Waals surface area contributed by atoms with Gasteiger partial charge in [0.05, 0.1) is 7.11 Å². The zero-order valence-corrected chi connectivity index (χ0v) is 13.8. The summed E-state index contributed by atoms with van der Waals surface area (Å²) in [5.41, 5.74) is 0.645. The van der Waals surface area contributed by atoms with Crippen molar-refractivity contribution in [2.75, 3.05) is 19.0 Å². The molecule has 0 bridgehead atoms. The molecule has 1 atom stereocenters. The standard InChI is InChI=1S/C19H21NO4/c1-4-12-23-18-7-5-6-15(13-18)20-19(21)14(2)24-17-10-8-16(22-3)9-11-17/h4-11,13-14H,1,12H2,2-3H3,(H,20,21). The monoisotopic (exact) mass is 327 g/mol. The number of anilines is 1. The van der Waals surface area contributed by atoms with Crippen LogP contribution >= 0.6 is 0 Å². The van der Waals surface area contributed by atoms with Crippen LogP contribution in [-0.2, 0) is 4.79 Å². The fraction of sp³-hybridized carbons (Fsp3) is 0.211. The van der Waals surface area contributed by atoms with Crippen molar-refractivity contribution in [1.82, 2.24) is 0 Å². The van der Waals surface area contributed by atoms with Crippen molar-refractivity contribution in [2.24, 2.45) is 0 Å². The number of ether oxygens (including phenoxy) is 3. The Morgan fingerprint density at radius 3 is 2.54 bits per heavy atom. The van der Waals surface area contributed by atoms with Crippen molar-refractivity contribution in [2.45, 2.75) is 13.0 Å². The molecule has 0 aliphatic carbocycles. The molecule has 0 spiro atoms. The van der Waals surface area contributed by atoms with Crippen molar-refractivity contribution in [3.63, 3.8) is 0 Å². The molecule has 0 aromatic heterocycles. The summed E-state index contributed by atoms with van der Waals surface area (Å²) in [5, 5.41) is 2.81. The van der Waals surface area contributed by atoms with Gasteiger partial charge < -0.3 is 19.5 Å². The van der Waals surface area contributed by atoms with E-state index in [0.29, 0.717) is 23.8 Å². The highest BCUT2D eigenvalue weighted by atomic mass is 16.5. The Morgan fingerprint density at radius 2 is 1.88 bits per heavy atom. The third-order valence-corrected chi connectivity index (χ3v) is 3.21. The molecule has 2 aromatic carbocycles. The van der Waals surface area contributed by atoms with E-state index in [4.69, 9.17) is 14.2 Å². The van der Waals surface area contributed by atoms with Gasteiger partial charge in [0.1, 0.15) is 23.9 Å². The molecule has 5 heteroatoms. The van der Waals surface area contributed by atoms with E-state index in [1.54, 1.807) is 56.5 Å². The highest BCUT2D eigenvalue weighted by molar-refractivity contribution is 5.94. The molecule has 0 heterocycles. The van der Waals surface area contributed by atoms with Crippen LogP contribution in [0, 0.1) is 0 Å². The topological polar surface area (TPSA) is 56.8 Å². The van der Waals surface area contributed by atoms with E-state index in [1.807, 2.05) is 12.1 Å². The van der Waals surface area contributed by atoms with Crippen molar-refractivity contribution >= 4 is 11.6 Å². The van der Waals surface area contributed by atoms with E-state index in [0.717, 1.165) is 5.75 Å². The van der Waals surface area contributed by atoms with Gasteiger partial charge in [-0.05, 0) is 43.3 Å². The van der Waals surface area contributed by atoms with Crippen molar-refractivity contribution < 1.29 is 19.0 Å². The Hall–Kier alpha value is -2.95. The highest BCUT2D eigenvalue weighted by Crippen LogP contribution is 2.20. The van der Waals surface area contributed by atoms with Crippen molar-refractivity contribution in [3.05, 3.63) is 61.2 Å². The summed E-state index contributed by atoms with van der Waals surface area (Å²) in [7, 11) is 1.60. The third-order valence-electron chi connectivity index (χ3n) is 3.21. The minimum Gasteiger partial charge on any atom is -0.497 e. The Bertz CT molecular complexity index is 682. The van der Waals surface area contributed by atoms with E-state index < -0.39 is 6.10 Å². The van der Waals surface area contributed by atoms with Gasteiger partial charge in [-0.15, -0.1) is 0 Å². The molecule has 126 valence electrons. The zero-order valence-electron chi connectivity index (χ0n) is 13.8. The van der Waals surface area contributed by atoms with Crippen LogP contribution in [-0.4, -0.2) is 25.7 Å². The number of methoxy groups -OCH3 is 1. The van der Waals surface area contributed by atoms with Crippen LogP contribution in [0.2, 0.25) is 0 Å². The zero-order chi connectivity index (χ0) is 17.4. The van der Waals surface area contributed by atoms with Gasteiger partial charge in [-0.1, -0.05) is 18.7 Å². The van der Waals surface area contributed by atoms with Crippen LogP contribution in [0.3, 0.4) is 0 Å². The van der Waals surface area contributed by atoms with Gasteiger partial charge in [-0.2, -0.15) is 0 Å². The summed E-state index contributed by atoms with van der Waals surface area (Å²) in [4.78, 5) is 12.2. The lowest BCUT2D eigenvalue weighted by atomic mass is 10.2. The first-order valence-corrected chi connectivity index (χ1v) is 7.57. The SMILES string of the molecule is C=CCOc1cccc(NC(=O)C(C)Oc2ccc(OC)cc2)c1. The molecule has 0 aliphatic rings. The summed E-state index contributed by atoms with van der Waals surface area (Å²) in [5.74, 6) is 1.75. The van der Waals surface area contributed by atoms with Crippen molar-refractivity contribution in [1.29, 1.82) is 0 Å². The average Bonchev–Trinajstić information content (AvgIpc) is 2.61. The molecule has 1 N–H and O–H groups in total. The first kappa shape index (κ1) is 17.4.